The van der Waals surface area contributed by atoms with Crippen molar-refractivity contribution >= 4 is 17.8 Å². The lowest BCUT2D eigenvalue weighted by Crippen LogP contribution is -2.55. The minimum absolute atomic E-state index is 0.229. The van der Waals surface area contributed by atoms with Crippen LogP contribution in [0, 0.1) is 5.92 Å². The molecule has 1 rings (SSSR count). The Labute approximate surface area is 123 Å². The van der Waals surface area contributed by atoms with Crippen molar-refractivity contribution in [1.29, 1.82) is 0 Å². The molecule has 0 saturated heterocycles. The Morgan fingerprint density at radius 2 is 1.81 bits per heavy atom. The molecular formula is C13H24N4O4. The highest BCUT2D eigenvalue weighted by molar-refractivity contribution is 6.05. The van der Waals surface area contributed by atoms with E-state index in [4.69, 9.17) is 16.2 Å². The Bertz CT molecular complexity index is 374. The summed E-state index contributed by atoms with van der Waals surface area (Å²) in [5.74, 6) is -1.46. The predicted octanol–water partition coefficient (Wildman–Crippen LogP) is -0.780. The van der Waals surface area contributed by atoms with Crippen LogP contribution in [-0.4, -0.2) is 43.1 Å². The molecule has 8 heteroatoms. The van der Waals surface area contributed by atoms with E-state index in [2.05, 4.69) is 17.6 Å². The molecule has 120 valence electrons. The monoisotopic (exact) mass is 300 g/mol. The van der Waals surface area contributed by atoms with Crippen LogP contribution in [-0.2, 0) is 14.3 Å². The first kappa shape index (κ1) is 17.2. The fourth-order valence-electron chi connectivity index (χ4n) is 2.37. The molecule has 21 heavy (non-hydrogen) atoms. The van der Waals surface area contributed by atoms with E-state index < -0.39 is 23.9 Å². The van der Waals surface area contributed by atoms with Gasteiger partial charge >= 0.3 is 6.03 Å². The van der Waals surface area contributed by atoms with E-state index in [1.165, 1.54) is 12.8 Å². The lowest BCUT2D eigenvalue weighted by Gasteiger charge is -2.28. The number of nitrogens with one attached hydrogen (secondary N) is 2. The normalized spacial score (nSPS) is 21.8. The van der Waals surface area contributed by atoms with Gasteiger partial charge in [0.2, 0.25) is 11.8 Å². The molecule has 1 saturated carbocycles. The van der Waals surface area contributed by atoms with Crippen LogP contribution in [0.3, 0.4) is 0 Å². The van der Waals surface area contributed by atoms with E-state index in [0.29, 0.717) is 12.5 Å². The van der Waals surface area contributed by atoms with Crippen LogP contribution in [0.1, 0.15) is 32.6 Å². The van der Waals surface area contributed by atoms with Gasteiger partial charge in [0.1, 0.15) is 0 Å². The summed E-state index contributed by atoms with van der Waals surface area (Å²) in [6.07, 6.45) is 4.84. The van der Waals surface area contributed by atoms with Crippen molar-refractivity contribution in [2.24, 2.45) is 17.4 Å². The van der Waals surface area contributed by atoms with Gasteiger partial charge in [-0.05, 0) is 18.8 Å². The van der Waals surface area contributed by atoms with Crippen LogP contribution in [0.2, 0.25) is 0 Å². The van der Waals surface area contributed by atoms with Gasteiger partial charge in [0.25, 0.3) is 0 Å². The fraction of sp³-hybridized carbons (Fsp3) is 0.769. The van der Waals surface area contributed by atoms with Crippen molar-refractivity contribution < 1.29 is 19.1 Å². The average Bonchev–Trinajstić information content (AvgIpc) is 2.42. The average molecular weight is 300 g/mol. The minimum Gasteiger partial charge on any atom is -0.376 e. The van der Waals surface area contributed by atoms with E-state index >= 15 is 0 Å². The second-order valence-electron chi connectivity index (χ2n) is 5.31. The Kier molecular flexibility index (Phi) is 6.93. The maximum absolute atomic E-state index is 11.5. The molecule has 0 aromatic heterocycles. The number of urea groups is 1. The third-order valence-electron chi connectivity index (χ3n) is 3.60. The first-order valence-electron chi connectivity index (χ1n) is 7.16. The molecule has 1 aliphatic carbocycles. The molecule has 0 spiro atoms. The quantitative estimate of drug-likeness (QED) is 0.362. The number of amides is 4. The van der Waals surface area contributed by atoms with Gasteiger partial charge in [0.05, 0.1) is 12.7 Å². The zero-order valence-corrected chi connectivity index (χ0v) is 12.3. The number of carbonyl (C=O) groups is 3. The first-order chi connectivity index (χ1) is 9.91. The van der Waals surface area contributed by atoms with E-state index in [-0.39, 0.29) is 12.6 Å². The molecule has 0 aromatic rings. The number of carbonyl (C=O) groups excluding carboxylic acids is 3. The van der Waals surface area contributed by atoms with Gasteiger partial charge < -0.3 is 26.8 Å². The SMILES string of the molecule is C[C@H]1CCCC[C@@H]1OCCNC(=O)NC(C(N)=O)C(N)=O. The van der Waals surface area contributed by atoms with E-state index in [9.17, 15) is 14.4 Å². The molecule has 0 radical (unpaired) electrons. The standard InChI is InChI=1S/C13H24N4O4/c1-8-4-2-3-5-9(8)21-7-6-16-13(20)17-10(11(14)18)12(15)19/h8-10H,2-7H2,1H3,(H2,14,18)(H2,15,19)(H2,16,17,20)/t8-,9-/m0/s1. The van der Waals surface area contributed by atoms with Gasteiger partial charge in [-0.2, -0.15) is 0 Å². The minimum atomic E-state index is -1.51. The van der Waals surface area contributed by atoms with Crippen molar-refractivity contribution in [1.82, 2.24) is 10.6 Å². The van der Waals surface area contributed by atoms with E-state index in [1.54, 1.807) is 0 Å². The Morgan fingerprint density at radius 1 is 1.19 bits per heavy atom. The van der Waals surface area contributed by atoms with Crippen LogP contribution in [0.4, 0.5) is 4.79 Å². The predicted molar refractivity (Wildman–Crippen MR) is 76.1 cm³/mol. The molecule has 2 atom stereocenters. The number of primary amides is 2. The van der Waals surface area contributed by atoms with Crippen LogP contribution >= 0.6 is 0 Å². The van der Waals surface area contributed by atoms with Gasteiger partial charge in [-0.1, -0.05) is 19.8 Å². The summed E-state index contributed by atoms with van der Waals surface area (Å²) in [7, 11) is 0. The molecule has 4 amide bonds. The van der Waals surface area contributed by atoms with Crippen molar-refractivity contribution in [3.63, 3.8) is 0 Å². The van der Waals surface area contributed by atoms with Crippen molar-refractivity contribution in [3.8, 4) is 0 Å². The van der Waals surface area contributed by atoms with Gasteiger partial charge in [-0.3, -0.25) is 9.59 Å². The number of ether oxygens (including phenoxy) is 1. The third-order valence-corrected chi connectivity index (χ3v) is 3.60. The van der Waals surface area contributed by atoms with Crippen molar-refractivity contribution in [2.45, 2.75) is 44.8 Å². The summed E-state index contributed by atoms with van der Waals surface area (Å²) < 4.78 is 5.72. The second-order valence-corrected chi connectivity index (χ2v) is 5.31. The van der Waals surface area contributed by atoms with E-state index in [1.807, 2.05) is 0 Å². The van der Waals surface area contributed by atoms with Gasteiger partial charge in [-0.25, -0.2) is 4.79 Å². The number of rotatable bonds is 7. The maximum atomic E-state index is 11.5. The largest absolute Gasteiger partial charge is 0.376 e. The number of hydrogen-bond donors (Lipinski definition) is 4. The molecule has 1 aliphatic rings. The summed E-state index contributed by atoms with van der Waals surface area (Å²) in [5, 5.41) is 4.60. The van der Waals surface area contributed by atoms with Crippen LogP contribution in [0.15, 0.2) is 0 Å². The van der Waals surface area contributed by atoms with Crippen molar-refractivity contribution in [2.75, 3.05) is 13.2 Å². The highest BCUT2D eigenvalue weighted by atomic mass is 16.5. The molecular weight excluding hydrogens is 276 g/mol. The lowest BCUT2D eigenvalue weighted by atomic mass is 9.88. The van der Waals surface area contributed by atoms with Gasteiger partial charge in [0.15, 0.2) is 6.04 Å². The molecule has 0 unspecified atom stereocenters. The summed E-state index contributed by atoms with van der Waals surface area (Å²) in [6.45, 7) is 2.81. The highest BCUT2D eigenvalue weighted by Gasteiger charge is 2.24. The molecule has 0 heterocycles. The summed E-state index contributed by atoms with van der Waals surface area (Å²) in [4.78, 5) is 33.3. The molecule has 6 N–H and O–H groups in total. The van der Waals surface area contributed by atoms with Crippen molar-refractivity contribution in [3.05, 3.63) is 0 Å². The smallest absolute Gasteiger partial charge is 0.315 e. The molecule has 0 bridgehead atoms. The second kappa shape index (κ2) is 8.46. The molecule has 0 aliphatic heterocycles. The lowest BCUT2D eigenvalue weighted by molar-refractivity contribution is -0.128. The summed E-state index contributed by atoms with van der Waals surface area (Å²) in [5.41, 5.74) is 9.89. The third kappa shape index (κ3) is 5.99. The van der Waals surface area contributed by atoms with Crippen LogP contribution < -0.4 is 22.1 Å². The topological polar surface area (TPSA) is 137 Å². The van der Waals surface area contributed by atoms with Crippen LogP contribution in [0.5, 0.6) is 0 Å². The Balaban J connectivity index is 2.21. The molecule has 1 fully saturated rings. The summed E-state index contributed by atoms with van der Waals surface area (Å²) >= 11 is 0. The molecule has 0 aromatic carbocycles. The maximum Gasteiger partial charge on any atom is 0.315 e. The molecule has 8 nitrogen and oxygen atoms in total. The number of nitrogens with two attached hydrogens (primary N) is 2. The Hall–Kier alpha value is -1.83. The zero-order valence-electron chi connectivity index (χ0n) is 12.3. The van der Waals surface area contributed by atoms with Gasteiger partial charge in [0, 0.05) is 6.54 Å². The summed E-state index contributed by atoms with van der Waals surface area (Å²) in [6, 6.07) is -2.19. The first-order valence-corrected chi connectivity index (χ1v) is 7.16. The van der Waals surface area contributed by atoms with Gasteiger partial charge in [-0.15, -0.1) is 0 Å². The Morgan fingerprint density at radius 3 is 2.38 bits per heavy atom. The highest BCUT2D eigenvalue weighted by Crippen LogP contribution is 2.25. The van der Waals surface area contributed by atoms with E-state index in [0.717, 1.165) is 12.8 Å². The zero-order chi connectivity index (χ0) is 15.8. The van der Waals surface area contributed by atoms with Crippen LogP contribution in [0.25, 0.3) is 0 Å². The number of hydrogen-bond acceptors (Lipinski definition) is 4. The fourth-order valence-corrected chi connectivity index (χ4v) is 2.37.